The maximum Gasteiger partial charge on any atom is 0.236 e. The second-order valence-corrected chi connectivity index (χ2v) is 7.21. The Bertz CT molecular complexity index is 781. The first-order valence-corrected chi connectivity index (χ1v) is 10.3. The highest BCUT2D eigenvalue weighted by Gasteiger charge is 2.11. The number of aromatic nitrogens is 5. The average Bonchev–Trinajstić information content (AvgIpc) is 3.20. The van der Waals surface area contributed by atoms with Crippen LogP contribution in [0.15, 0.2) is 6.20 Å². The van der Waals surface area contributed by atoms with Crippen molar-refractivity contribution in [2.24, 2.45) is 0 Å². The summed E-state index contributed by atoms with van der Waals surface area (Å²) in [6.45, 7) is 4.47. The Hall–Kier alpha value is -2.80. The minimum atomic E-state index is -0.0231. The molecule has 1 atom stereocenters. The molecule has 0 fully saturated rings. The summed E-state index contributed by atoms with van der Waals surface area (Å²) in [7, 11) is 0. The zero-order valence-corrected chi connectivity index (χ0v) is 16.9. The van der Waals surface area contributed by atoms with Gasteiger partial charge in [0.2, 0.25) is 11.6 Å². The predicted octanol–water partition coefficient (Wildman–Crippen LogP) is 4.37. The molecule has 2 aromatic rings. The number of aromatic amines is 1. The van der Waals surface area contributed by atoms with Crippen molar-refractivity contribution < 1.29 is 0 Å². The summed E-state index contributed by atoms with van der Waals surface area (Å²) >= 11 is 0. The zero-order valence-electron chi connectivity index (χ0n) is 16.9. The van der Waals surface area contributed by atoms with E-state index in [-0.39, 0.29) is 11.6 Å². The number of hydrogen-bond donors (Lipinski definition) is 1. The van der Waals surface area contributed by atoms with Crippen molar-refractivity contribution in [1.29, 1.82) is 10.5 Å². The molecular weight excluding hydrogens is 350 g/mol. The summed E-state index contributed by atoms with van der Waals surface area (Å²) < 4.78 is 0. The molecule has 2 aromatic heterocycles. The third kappa shape index (κ3) is 7.08. The van der Waals surface area contributed by atoms with E-state index in [9.17, 15) is 0 Å². The fraction of sp³-hybridized carbons (Fsp3) is 0.619. The van der Waals surface area contributed by atoms with Crippen LogP contribution in [0.1, 0.15) is 100 Å². The van der Waals surface area contributed by atoms with Gasteiger partial charge < -0.3 is 4.98 Å². The number of aryl methyl sites for hydroxylation is 2. The van der Waals surface area contributed by atoms with Crippen molar-refractivity contribution in [3.63, 3.8) is 0 Å². The highest BCUT2D eigenvalue weighted by molar-refractivity contribution is 5.18. The van der Waals surface area contributed by atoms with Crippen LogP contribution in [0.4, 0.5) is 0 Å². The maximum atomic E-state index is 8.94. The Morgan fingerprint density at radius 2 is 1.54 bits per heavy atom. The Kier molecular flexibility index (Phi) is 9.07. The second kappa shape index (κ2) is 11.8. The van der Waals surface area contributed by atoms with Gasteiger partial charge in [0.15, 0.2) is 0 Å². The Morgan fingerprint density at radius 3 is 2.18 bits per heavy atom. The third-order valence-electron chi connectivity index (χ3n) is 4.86. The van der Waals surface area contributed by atoms with Gasteiger partial charge in [0.1, 0.15) is 23.8 Å². The van der Waals surface area contributed by atoms with Crippen LogP contribution >= 0.6 is 0 Å². The quantitative estimate of drug-likeness (QED) is 0.548. The topological polar surface area (TPSA) is 115 Å². The van der Waals surface area contributed by atoms with Crippen LogP contribution in [0.5, 0.6) is 0 Å². The van der Waals surface area contributed by atoms with Crippen LogP contribution in [-0.4, -0.2) is 24.9 Å². The van der Waals surface area contributed by atoms with Gasteiger partial charge in [0.05, 0.1) is 5.69 Å². The summed E-state index contributed by atoms with van der Waals surface area (Å²) in [6.07, 6.45) is 13.5. The van der Waals surface area contributed by atoms with Crippen molar-refractivity contribution in [1.82, 2.24) is 24.9 Å². The Morgan fingerprint density at radius 1 is 0.893 bits per heavy atom. The first-order valence-electron chi connectivity index (χ1n) is 10.3. The molecule has 0 aliphatic heterocycles. The molecule has 0 amide bonds. The van der Waals surface area contributed by atoms with Gasteiger partial charge in [-0.3, -0.25) is 0 Å². The molecule has 0 spiro atoms. The second-order valence-electron chi connectivity index (χ2n) is 7.21. The standard InChI is InChI=1S/C21H29N7/c1-3-4-5-6-7-8-9-10-16(2)17-15-24-18(25-17)11-12-19-26-20(13-22)28-21(14-23)27-19/h15-16H,3-12H2,1-2H3,(H,24,25). The van der Waals surface area contributed by atoms with Gasteiger partial charge in [-0.2, -0.15) is 15.5 Å². The van der Waals surface area contributed by atoms with E-state index in [1.54, 1.807) is 0 Å². The molecule has 2 rings (SSSR count). The van der Waals surface area contributed by atoms with Gasteiger partial charge in [-0.05, 0) is 12.3 Å². The highest BCUT2D eigenvalue weighted by Crippen LogP contribution is 2.21. The molecule has 28 heavy (non-hydrogen) atoms. The summed E-state index contributed by atoms with van der Waals surface area (Å²) in [5, 5.41) is 17.9. The van der Waals surface area contributed by atoms with Gasteiger partial charge in [0, 0.05) is 19.0 Å². The number of imidazole rings is 1. The Labute approximate surface area is 167 Å². The van der Waals surface area contributed by atoms with E-state index in [0.717, 1.165) is 17.9 Å². The highest BCUT2D eigenvalue weighted by atomic mass is 15.0. The summed E-state index contributed by atoms with van der Waals surface area (Å²) in [5.41, 5.74) is 1.09. The molecule has 148 valence electrons. The lowest BCUT2D eigenvalue weighted by molar-refractivity contribution is 0.545. The van der Waals surface area contributed by atoms with Crippen LogP contribution < -0.4 is 0 Å². The molecule has 0 radical (unpaired) electrons. The van der Waals surface area contributed by atoms with Gasteiger partial charge in [0.25, 0.3) is 0 Å². The van der Waals surface area contributed by atoms with Crippen LogP contribution in [-0.2, 0) is 12.8 Å². The molecule has 0 saturated carbocycles. The van der Waals surface area contributed by atoms with Crippen molar-refractivity contribution >= 4 is 0 Å². The van der Waals surface area contributed by atoms with E-state index < -0.39 is 0 Å². The molecule has 0 aliphatic carbocycles. The average molecular weight is 380 g/mol. The largest absolute Gasteiger partial charge is 0.348 e. The van der Waals surface area contributed by atoms with Crippen LogP contribution in [0.3, 0.4) is 0 Å². The van der Waals surface area contributed by atoms with Gasteiger partial charge in [-0.25, -0.2) is 15.0 Å². The lowest BCUT2D eigenvalue weighted by Crippen LogP contribution is -2.06. The molecule has 1 unspecified atom stereocenters. The SMILES string of the molecule is CCCCCCCCCC(C)c1c[nH]c(CCc2nc(C#N)nc(C#N)n2)n1. The summed E-state index contributed by atoms with van der Waals surface area (Å²) in [4.78, 5) is 19.8. The number of nitrogens with zero attached hydrogens (tertiary/aromatic N) is 6. The molecule has 0 aliphatic rings. The molecular formula is C21H29N7. The summed E-state index contributed by atoms with van der Waals surface area (Å²) in [5.74, 6) is 1.71. The maximum absolute atomic E-state index is 8.94. The van der Waals surface area contributed by atoms with Crippen molar-refractivity contribution in [3.8, 4) is 12.1 Å². The number of hydrogen-bond acceptors (Lipinski definition) is 6. The zero-order chi connectivity index (χ0) is 20.2. The lowest BCUT2D eigenvalue weighted by atomic mass is 9.99. The molecule has 2 heterocycles. The van der Waals surface area contributed by atoms with Crippen LogP contribution in [0.2, 0.25) is 0 Å². The molecule has 7 heteroatoms. The van der Waals surface area contributed by atoms with E-state index in [4.69, 9.17) is 15.5 Å². The van der Waals surface area contributed by atoms with Gasteiger partial charge in [-0.15, -0.1) is 0 Å². The van der Waals surface area contributed by atoms with E-state index in [2.05, 4.69) is 33.8 Å². The first-order chi connectivity index (χ1) is 13.7. The molecule has 1 N–H and O–H groups in total. The number of H-pyrrole nitrogens is 1. The number of rotatable bonds is 12. The van der Waals surface area contributed by atoms with E-state index >= 15 is 0 Å². The van der Waals surface area contributed by atoms with E-state index in [1.165, 1.54) is 44.9 Å². The minimum absolute atomic E-state index is 0.0231. The predicted molar refractivity (Wildman–Crippen MR) is 106 cm³/mol. The smallest absolute Gasteiger partial charge is 0.236 e. The number of unbranched alkanes of at least 4 members (excludes halogenated alkanes) is 6. The Balaban J connectivity index is 1.77. The third-order valence-corrected chi connectivity index (χ3v) is 4.86. The normalized spacial score (nSPS) is 11.7. The van der Waals surface area contributed by atoms with E-state index in [0.29, 0.717) is 24.6 Å². The molecule has 7 nitrogen and oxygen atoms in total. The van der Waals surface area contributed by atoms with Gasteiger partial charge in [-0.1, -0.05) is 58.8 Å². The molecule has 0 bridgehead atoms. The first kappa shape index (κ1) is 21.5. The fourth-order valence-electron chi connectivity index (χ4n) is 3.18. The summed E-state index contributed by atoms with van der Waals surface area (Å²) in [6, 6.07) is 3.72. The lowest BCUT2D eigenvalue weighted by Gasteiger charge is -2.08. The van der Waals surface area contributed by atoms with Crippen LogP contribution in [0, 0.1) is 22.7 Å². The molecule has 0 saturated heterocycles. The molecule has 0 aromatic carbocycles. The minimum Gasteiger partial charge on any atom is -0.348 e. The van der Waals surface area contributed by atoms with E-state index in [1.807, 2.05) is 18.3 Å². The van der Waals surface area contributed by atoms with Crippen molar-refractivity contribution in [3.05, 3.63) is 35.2 Å². The van der Waals surface area contributed by atoms with Gasteiger partial charge >= 0.3 is 0 Å². The monoisotopic (exact) mass is 379 g/mol. The number of nitrogens with one attached hydrogen (secondary N) is 1. The van der Waals surface area contributed by atoms with Crippen molar-refractivity contribution in [2.75, 3.05) is 0 Å². The number of nitriles is 2. The fourth-order valence-corrected chi connectivity index (χ4v) is 3.18. The van der Waals surface area contributed by atoms with Crippen LogP contribution in [0.25, 0.3) is 0 Å². The van der Waals surface area contributed by atoms with Crippen molar-refractivity contribution in [2.45, 2.75) is 84.0 Å².